The highest BCUT2D eigenvalue weighted by atomic mass is 16.7. The Morgan fingerprint density at radius 3 is 1.71 bits per heavy atom. The van der Waals surface area contributed by atoms with Crippen molar-refractivity contribution in [2.24, 2.45) is 0 Å². The average molecular weight is 478 g/mol. The van der Waals surface area contributed by atoms with Crippen LogP contribution in [0.5, 0.6) is 0 Å². The lowest BCUT2D eigenvalue weighted by molar-refractivity contribution is -0.296. The Morgan fingerprint density at radius 1 is 0.714 bits per heavy atom. The number of esters is 2. The van der Waals surface area contributed by atoms with Crippen LogP contribution in [0.15, 0.2) is 91.0 Å². The third-order valence-corrected chi connectivity index (χ3v) is 5.58. The van der Waals surface area contributed by atoms with Crippen LogP contribution in [-0.4, -0.2) is 59.5 Å². The minimum atomic E-state index is -1.55. The molecule has 1 aliphatic rings. The molecule has 0 radical (unpaired) electrons. The number of carbonyl (C=O) groups excluding carboxylic acids is 2. The van der Waals surface area contributed by atoms with Gasteiger partial charge in [0.15, 0.2) is 18.5 Å². The van der Waals surface area contributed by atoms with Gasteiger partial charge in [-0.25, -0.2) is 9.59 Å². The Hall–Kier alpha value is -3.56. The monoisotopic (exact) mass is 478 g/mol. The molecule has 8 nitrogen and oxygen atoms in total. The zero-order valence-electron chi connectivity index (χ0n) is 18.8. The topological polar surface area (TPSA) is 112 Å². The fourth-order valence-corrected chi connectivity index (χ4v) is 3.79. The Bertz CT molecular complexity index is 1090. The fourth-order valence-electron chi connectivity index (χ4n) is 3.79. The molecule has 0 unspecified atom stereocenters. The number of hydrogen-bond donors (Lipinski definition) is 2. The average Bonchev–Trinajstić information content (AvgIpc) is 2.91. The molecule has 5 atom stereocenters. The molecule has 0 bridgehead atoms. The van der Waals surface area contributed by atoms with Crippen molar-refractivity contribution in [2.45, 2.75) is 37.3 Å². The van der Waals surface area contributed by atoms with Crippen molar-refractivity contribution in [2.75, 3.05) is 6.61 Å². The summed E-state index contributed by atoms with van der Waals surface area (Å²) in [7, 11) is 0. The van der Waals surface area contributed by atoms with Gasteiger partial charge in [-0.15, -0.1) is 0 Å². The summed E-state index contributed by atoms with van der Waals surface area (Å²) < 4.78 is 22.8. The van der Waals surface area contributed by atoms with E-state index in [9.17, 15) is 19.8 Å². The summed E-state index contributed by atoms with van der Waals surface area (Å²) in [4.78, 5) is 25.8. The van der Waals surface area contributed by atoms with Gasteiger partial charge in [0, 0.05) is 0 Å². The maximum atomic E-state index is 12.9. The summed E-state index contributed by atoms with van der Waals surface area (Å²) in [6.07, 6.45) is -6.40. The fraction of sp³-hybridized carbons (Fsp3) is 0.259. The molecule has 1 saturated heterocycles. The van der Waals surface area contributed by atoms with Gasteiger partial charge in [0.1, 0.15) is 12.2 Å². The van der Waals surface area contributed by atoms with Gasteiger partial charge in [-0.3, -0.25) is 0 Å². The normalized spacial score (nSPS) is 23.9. The smallest absolute Gasteiger partial charge is 0.338 e. The molecule has 2 N–H and O–H groups in total. The quantitative estimate of drug-likeness (QED) is 0.476. The van der Waals surface area contributed by atoms with E-state index in [2.05, 4.69) is 0 Å². The lowest BCUT2D eigenvalue weighted by Crippen LogP contribution is -2.62. The molecule has 8 heteroatoms. The molecule has 0 saturated carbocycles. The van der Waals surface area contributed by atoms with E-state index in [0.29, 0.717) is 0 Å². The first-order valence-corrected chi connectivity index (χ1v) is 11.2. The zero-order chi connectivity index (χ0) is 24.6. The van der Waals surface area contributed by atoms with Gasteiger partial charge in [0.2, 0.25) is 0 Å². The second-order valence-electron chi connectivity index (χ2n) is 7.98. The highest BCUT2D eigenvalue weighted by molar-refractivity contribution is 5.90. The molecule has 182 valence electrons. The van der Waals surface area contributed by atoms with Crippen LogP contribution >= 0.6 is 0 Å². The zero-order valence-corrected chi connectivity index (χ0v) is 18.8. The van der Waals surface area contributed by atoms with Crippen LogP contribution in [-0.2, 0) is 25.6 Å². The number of rotatable bonds is 8. The van der Waals surface area contributed by atoms with Gasteiger partial charge in [-0.05, 0) is 29.8 Å². The number of hydrogen-bond acceptors (Lipinski definition) is 8. The maximum absolute atomic E-state index is 12.9. The van der Waals surface area contributed by atoms with Crippen LogP contribution in [0.2, 0.25) is 0 Å². The van der Waals surface area contributed by atoms with E-state index in [1.165, 1.54) is 0 Å². The summed E-state index contributed by atoms with van der Waals surface area (Å²) in [6, 6.07) is 25.7. The van der Waals surface area contributed by atoms with E-state index in [0.717, 1.165) is 5.56 Å². The predicted octanol–water partition coefficient (Wildman–Crippen LogP) is 2.73. The first-order chi connectivity index (χ1) is 17.1. The van der Waals surface area contributed by atoms with Crippen molar-refractivity contribution >= 4 is 11.9 Å². The second-order valence-corrected chi connectivity index (χ2v) is 7.98. The molecule has 3 aromatic rings. The summed E-state index contributed by atoms with van der Waals surface area (Å²) in [5.74, 6) is -1.40. The Labute approximate surface area is 202 Å². The lowest BCUT2D eigenvalue weighted by Gasteiger charge is -2.43. The van der Waals surface area contributed by atoms with Gasteiger partial charge in [-0.1, -0.05) is 66.7 Å². The van der Waals surface area contributed by atoms with Crippen molar-refractivity contribution in [1.82, 2.24) is 0 Å². The molecule has 4 rings (SSSR count). The van der Waals surface area contributed by atoms with Crippen LogP contribution < -0.4 is 0 Å². The van der Waals surface area contributed by atoms with Gasteiger partial charge in [0.05, 0.1) is 24.3 Å². The molecule has 1 fully saturated rings. The van der Waals surface area contributed by atoms with Crippen molar-refractivity contribution in [3.63, 3.8) is 0 Å². The molecule has 1 heterocycles. The van der Waals surface area contributed by atoms with E-state index in [4.69, 9.17) is 18.9 Å². The van der Waals surface area contributed by atoms with Crippen molar-refractivity contribution in [1.29, 1.82) is 0 Å². The summed E-state index contributed by atoms with van der Waals surface area (Å²) in [5, 5.41) is 20.6. The van der Waals surface area contributed by atoms with Crippen molar-refractivity contribution in [3.8, 4) is 0 Å². The number of carbonyl (C=O) groups is 2. The van der Waals surface area contributed by atoms with Gasteiger partial charge < -0.3 is 29.2 Å². The highest BCUT2D eigenvalue weighted by Gasteiger charge is 2.50. The van der Waals surface area contributed by atoms with Crippen LogP contribution in [0.3, 0.4) is 0 Å². The highest BCUT2D eigenvalue weighted by Crippen LogP contribution is 2.29. The van der Waals surface area contributed by atoms with Crippen LogP contribution in [0.4, 0.5) is 0 Å². The maximum Gasteiger partial charge on any atom is 0.338 e. The van der Waals surface area contributed by atoms with E-state index in [1.807, 2.05) is 30.3 Å². The van der Waals surface area contributed by atoms with Crippen LogP contribution in [0, 0.1) is 0 Å². The minimum absolute atomic E-state index is 0.0778. The summed E-state index contributed by atoms with van der Waals surface area (Å²) in [5.41, 5.74) is 1.35. The number of aliphatic hydroxyl groups excluding tert-OH is 2. The van der Waals surface area contributed by atoms with E-state index < -0.39 is 49.3 Å². The third-order valence-electron chi connectivity index (χ3n) is 5.58. The molecule has 35 heavy (non-hydrogen) atoms. The van der Waals surface area contributed by atoms with Gasteiger partial charge >= 0.3 is 11.9 Å². The Morgan fingerprint density at radius 2 is 1.20 bits per heavy atom. The summed E-state index contributed by atoms with van der Waals surface area (Å²) >= 11 is 0. The van der Waals surface area contributed by atoms with Crippen molar-refractivity contribution in [3.05, 3.63) is 108 Å². The van der Waals surface area contributed by atoms with E-state index in [1.54, 1.807) is 60.7 Å². The molecule has 3 aromatic carbocycles. The number of aliphatic hydroxyl groups is 2. The molecular weight excluding hydrogens is 452 g/mol. The first kappa shape index (κ1) is 24.6. The van der Waals surface area contributed by atoms with Gasteiger partial charge in [-0.2, -0.15) is 0 Å². The lowest BCUT2D eigenvalue weighted by atomic mass is 9.98. The second kappa shape index (κ2) is 11.7. The molecule has 0 aliphatic carbocycles. The standard InChI is InChI=1S/C27H26O8/c28-16-21-22(34-25(29)19-12-6-2-7-13-19)23(35-26(30)20-14-8-3-9-15-20)24(27(31)33-21)32-17-18-10-4-1-5-11-18/h1-15,21-24,27-28,31H,16-17H2/t21-,22+,23-,24+,27-/m0/s1. The van der Waals surface area contributed by atoms with Gasteiger partial charge in [0.25, 0.3) is 0 Å². The number of benzene rings is 3. The summed E-state index contributed by atoms with van der Waals surface area (Å²) in [6.45, 7) is -0.511. The van der Waals surface area contributed by atoms with E-state index in [-0.39, 0.29) is 17.7 Å². The Kier molecular flexibility index (Phi) is 8.23. The van der Waals surface area contributed by atoms with Crippen LogP contribution in [0.25, 0.3) is 0 Å². The van der Waals surface area contributed by atoms with E-state index >= 15 is 0 Å². The minimum Gasteiger partial charge on any atom is -0.452 e. The number of ether oxygens (including phenoxy) is 4. The largest absolute Gasteiger partial charge is 0.452 e. The Balaban J connectivity index is 1.62. The molecule has 0 aromatic heterocycles. The molecule has 0 spiro atoms. The molecular formula is C27H26O8. The first-order valence-electron chi connectivity index (χ1n) is 11.2. The van der Waals surface area contributed by atoms with Crippen molar-refractivity contribution < 1.29 is 38.7 Å². The van der Waals surface area contributed by atoms with Crippen LogP contribution in [0.1, 0.15) is 26.3 Å². The predicted molar refractivity (Wildman–Crippen MR) is 124 cm³/mol. The molecule has 1 aliphatic heterocycles. The SMILES string of the molecule is O=C(O[C@@H]1[C@@H](OCc2ccccc2)[C@@H](O)O[C@@H](CO)[C@H]1OC(=O)c1ccccc1)c1ccccc1. The third kappa shape index (κ3) is 6.12. The molecule has 0 amide bonds.